The molecule has 84 valence electrons. The minimum atomic E-state index is -4.27. The van der Waals surface area contributed by atoms with Crippen molar-refractivity contribution >= 4 is 0 Å². The molecule has 0 spiro atoms. The Hall–Kier alpha value is -1.23. The lowest BCUT2D eigenvalue weighted by Gasteiger charge is -2.07. The number of hydrogen-bond acceptors (Lipinski definition) is 2. The van der Waals surface area contributed by atoms with Gasteiger partial charge in [-0.25, -0.2) is 0 Å². The van der Waals surface area contributed by atoms with E-state index in [9.17, 15) is 13.2 Å². The van der Waals surface area contributed by atoms with Gasteiger partial charge in [0.25, 0.3) is 0 Å². The number of rotatable bonds is 4. The third kappa shape index (κ3) is 4.69. The molecule has 0 aromatic heterocycles. The van der Waals surface area contributed by atoms with Crippen LogP contribution in [0.4, 0.5) is 13.2 Å². The van der Waals surface area contributed by atoms with Gasteiger partial charge in [-0.3, -0.25) is 0 Å². The van der Waals surface area contributed by atoms with E-state index in [-0.39, 0.29) is 6.61 Å². The number of methoxy groups -OCH3 is 1. The Kier molecular flexibility index (Phi) is 3.96. The third-order valence-corrected chi connectivity index (χ3v) is 1.69. The number of benzene rings is 1. The minimum Gasteiger partial charge on any atom is -0.497 e. The second-order valence-electron chi connectivity index (χ2n) is 2.96. The maximum atomic E-state index is 11.7. The zero-order valence-corrected chi connectivity index (χ0v) is 8.17. The SMILES string of the molecule is COc1ccc(COCC(F)(F)F)cc1. The zero-order valence-electron chi connectivity index (χ0n) is 8.17. The molecule has 0 heterocycles. The quantitative estimate of drug-likeness (QED) is 0.776. The van der Waals surface area contributed by atoms with Gasteiger partial charge in [-0.15, -0.1) is 0 Å². The van der Waals surface area contributed by atoms with Crippen molar-refractivity contribution in [1.29, 1.82) is 0 Å². The highest BCUT2D eigenvalue weighted by Crippen LogP contribution is 2.16. The van der Waals surface area contributed by atoms with Crippen LogP contribution in [0.1, 0.15) is 5.56 Å². The van der Waals surface area contributed by atoms with Crippen LogP contribution in [0, 0.1) is 0 Å². The molecule has 0 aliphatic heterocycles. The van der Waals surface area contributed by atoms with Crippen molar-refractivity contribution < 1.29 is 22.6 Å². The third-order valence-electron chi connectivity index (χ3n) is 1.69. The highest BCUT2D eigenvalue weighted by molar-refractivity contribution is 5.26. The minimum absolute atomic E-state index is 0.0521. The average molecular weight is 220 g/mol. The van der Waals surface area contributed by atoms with Crippen molar-refractivity contribution in [2.75, 3.05) is 13.7 Å². The van der Waals surface area contributed by atoms with Crippen molar-refractivity contribution in [2.24, 2.45) is 0 Å². The van der Waals surface area contributed by atoms with E-state index >= 15 is 0 Å². The van der Waals surface area contributed by atoms with Gasteiger partial charge in [-0.2, -0.15) is 13.2 Å². The molecule has 0 aliphatic carbocycles. The largest absolute Gasteiger partial charge is 0.497 e. The smallest absolute Gasteiger partial charge is 0.411 e. The molecule has 0 saturated heterocycles. The Labute approximate surface area is 85.6 Å². The Balaban J connectivity index is 2.38. The van der Waals surface area contributed by atoms with E-state index in [4.69, 9.17) is 4.74 Å². The molecular formula is C10H11F3O2. The fourth-order valence-electron chi connectivity index (χ4n) is 1.01. The van der Waals surface area contributed by atoms with E-state index in [0.29, 0.717) is 11.3 Å². The topological polar surface area (TPSA) is 18.5 Å². The second kappa shape index (κ2) is 5.02. The molecule has 2 nitrogen and oxygen atoms in total. The molecule has 0 N–H and O–H groups in total. The van der Waals surface area contributed by atoms with Crippen molar-refractivity contribution in [1.82, 2.24) is 0 Å². The van der Waals surface area contributed by atoms with Crippen molar-refractivity contribution in [3.05, 3.63) is 29.8 Å². The monoisotopic (exact) mass is 220 g/mol. The van der Waals surface area contributed by atoms with Crippen LogP contribution in [-0.2, 0) is 11.3 Å². The summed E-state index contributed by atoms with van der Waals surface area (Å²) >= 11 is 0. The Bertz CT molecular complexity index is 293. The molecule has 0 saturated carbocycles. The van der Waals surface area contributed by atoms with Gasteiger partial charge >= 0.3 is 6.18 Å². The lowest BCUT2D eigenvalue weighted by atomic mass is 10.2. The van der Waals surface area contributed by atoms with Crippen LogP contribution in [-0.4, -0.2) is 19.9 Å². The first-order valence-corrected chi connectivity index (χ1v) is 4.29. The molecule has 5 heteroatoms. The molecule has 0 atom stereocenters. The van der Waals surface area contributed by atoms with Crippen LogP contribution in [0.5, 0.6) is 5.75 Å². The second-order valence-corrected chi connectivity index (χ2v) is 2.96. The van der Waals surface area contributed by atoms with E-state index in [1.165, 1.54) is 7.11 Å². The summed E-state index contributed by atoms with van der Waals surface area (Å²) in [6, 6.07) is 6.67. The van der Waals surface area contributed by atoms with Gasteiger partial charge in [-0.1, -0.05) is 12.1 Å². The van der Waals surface area contributed by atoms with Gasteiger partial charge in [0.15, 0.2) is 0 Å². The zero-order chi connectivity index (χ0) is 11.3. The fourth-order valence-corrected chi connectivity index (χ4v) is 1.01. The molecule has 1 aromatic rings. The highest BCUT2D eigenvalue weighted by atomic mass is 19.4. The summed E-state index contributed by atoms with van der Waals surface area (Å²) < 4.78 is 44.6. The number of ether oxygens (including phenoxy) is 2. The molecular weight excluding hydrogens is 209 g/mol. The molecule has 0 bridgehead atoms. The summed E-state index contributed by atoms with van der Waals surface area (Å²) in [7, 11) is 1.52. The van der Waals surface area contributed by atoms with E-state index in [2.05, 4.69) is 4.74 Å². The Morgan fingerprint density at radius 3 is 2.20 bits per heavy atom. The molecule has 1 aromatic carbocycles. The lowest BCUT2D eigenvalue weighted by molar-refractivity contribution is -0.176. The predicted molar refractivity (Wildman–Crippen MR) is 48.7 cm³/mol. The van der Waals surface area contributed by atoms with Gasteiger partial charge in [-0.05, 0) is 17.7 Å². The summed E-state index contributed by atoms with van der Waals surface area (Å²) in [5.41, 5.74) is 0.681. The molecule has 0 aliphatic rings. The first kappa shape index (κ1) is 11.8. The number of hydrogen-bond donors (Lipinski definition) is 0. The van der Waals surface area contributed by atoms with E-state index in [0.717, 1.165) is 0 Å². The molecule has 0 fully saturated rings. The number of halogens is 3. The van der Waals surface area contributed by atoms with Gasteiger partial charge in [0.05, 0.1) is 13.7 Å². The maximum Gasteiger partial charge on any atom is 0.411 e. The van der Waals surface area contributed by atoms with E-state index < -0.39 is 12.8 Å². The van der Waals surface area contributed by atoms with Crippen LogP contribution in [0.3, 0.4) is 0 Å². The van der Waals surface area contributed by atoms with Gasteiger partial charge in [0, 0.05) is 0 Å². The van der Waals surface area contributed by atoms with E-state index in [1.54, 1.807) is 24.3 Å². The summed E-state index contributed by atoms with van der Waals surface area (Å²) in [5, 5.41) is 0. The summed E-state index contributed by atoms with van der Waals surface area (Å²) in [5.74, 6) is 0.662. The molecule has 0 radical (unpaired) electrons. The standard InChI is InChI=1S/C10H11F3O2/c1-14-9-4-2-8(3-5-9)6-15-7-10(11,12)13/h2-5H,6-7H2,1H3. The van der Waals surface area contributed by atoms with Gasteiger partial charge < -0.3 is 9.47 Å². The van der Waals surface area contributed by atoms with E-state index in [1.807, 2.05) is 0 Å². The Morgan fingerprint density at radius 1 is 1.13 bits per heavy atom. The summed E-state index contributed by atoms with van der Waals surface area (Å²) in [6.07, 6.45) is -4.27. The van der Waals surface area contributed by atoms with Crippen LogP contribution < -0.4 is 4.74 Å². The van der Waals surface area contributed by atoms with Gasteiger partial charge in [0.2, 0.25) is 0 Å². The van der Waals surface area contributed by atoms with Crippen molar-refractivity contribution in [2.45, 2.75) is 12.8 Å². The van der Waals surface area contributed by atoms with Crippen LogP contribution >= 0.6 is 0 Å². The van der Waals surface area contributed by atoms with Crippen molar-refractivity contribution in [3.8, 4) is 5.75 Å². The first-order valence-electron chi connectivity index (χ1n) is 4.29. The number of alkyl halides is 3. The summed E-state index contributed by atoms with van der Waals surface area (Å²) in [4.78, 5) is 0. The lowest BCUT2D eigenvalue weighted by Crippen LogP contribution is -2.16. The molecule has 15 heavy (non-hydrogen) atoms. The predicted octanol–water partition coefficient (Wildman–Crippen LogP) is 2.77. The van der Waals surface area contributed by atoms with Crippen LogP contribution in [0.25, 0.3) is 0 Å². The van der Waals surface area contributed by atoms with Crippen molar-refractivity contribution in [3.63, 3.8) is 0 Å². The molecule has 1 rings (SSSR count). The average Bonchev–Trinajstić information content (AvgIpc) is 2.17. The summed E-state index contributed by atoms with van der Waals surface area (Å²) in [6.45, 7) is -1.28. The highest BCUT2D eigenvalue weighted by Gasteiger charge is 2.27. The maximum absolute atomic E-state index is 11.7. The normalized spacial score (nSPS) is 11.5. The van der Waals surface area contributed by atoms with Gasteiger partial charge in [0.1, 0.15) is 12.4 Å². The van der Waals surface area contributed by atoms with Crippen LogP contribution in [0.15, 0.2) is 24.3 Å². The first-order chi connectivity index (χ1) is 7.01. The Morgan fingerprint density at radius 2 is 1.73 bits per heavy atom. The molecule has 0 amide bonds. The molecule has 0 unspecified atom stereocenters. The van der Waals surface area contributed by atoms with Crippen LogP contribution in [0.2, 0.25) is 0 Å². The fraction of sp³-hybridized carbons (Fsp3) is 0.400.